The van der Waals surface area contributed by atoms with Crippen molar-refractivity contribution in [2.45, 2.75) is 71.2 Å². The lowest BCUT2D eigenvalue weighted by molar-refractivity contribution is -0.156. The fraction of sp³-hybridized carbons (Fsp3) is 0.538. The molecule has 3 atom stereocenters. The number of rotatable bonds is 8. The number of esters is 2. The first-order chi connectivity index (χ1) is 15.7. The van der Waals surface area contributed by atoms with Crippen molar-refractivity contribution in [3.63, 3.8) is 0 Å². The van der Waals surface area contributed by atoms with E-state index in [-0.39, 0.29) is 42.8 Å². The molecule has 33 heavy (non-hydrogen) atoms. The Morgan fingerprint density at radius 1 is 1.27 bits per heavy atom. The fourth-order valence-electron chi connectivity index (χ4n) is 4.54. The maximum absolute atomic E-state index is 13.6. The highest BCUT2D eigenvalue weighted by molar-refractivity contribution is 5.74. The molecule has 1 aliphatic carbocycles. The van der Waals surface area contributed by atoms with Crippen LogP contribution in [0, 0.1) is 11.2 Å². The van der Waals surface area contributed by atoms with E-state index in [0.29, 0.717) is 19.4 Å². The number of cyclic esters (lactones) is 1. The van der Waals surface area contributed by atoms with Crippen LogP contribution in [0.1, 0.15) is 58.4 Å². The molecule has 2 aliphatic rings. The second-order valence-electron chi connectivity index (χ2n) is 9.22. The maximum atomic E-state index is 13.6. The molecule has 1 heterocycles. The number of carbonyl (C=O) groups is 2. The molecule has 180 valence electrons. The second-order valence-corrected chi connectivity index (χ2v) is 9.22. The van der Waals surface area contributed by atoms with Gasteiger partial charge >= 0.3 is 11.9 Å². The van der Waals surface area contributed by atoms with Crippen LogP contribution in [0.5, 0.6) is 0 Å². The smallest absolute Gasteiger partial charge is 0.309 e. The van der Waals surface area contributed by atoms with Crippen molar-refractivity contribution >= 4 is 17.5 Å². The van der Waals surface area contributed by atoms with Crippen LogP contribution >= 0.6 is 0 Å². The first-order valence-corrected chi connectivity index (χ1v) is 11.5. The molecule has 3 rings (SSSR count). The van der Waals surface area contributed by atoms with Gasteiger partial charge in [-0.25, -0.2) is 4.39 Å². The Labute approximate surface area is 194 Å². The lowest BCUT2D eigenvalue weighted by atomic mass is 9.69. The summed E-state index contributed by atoms with van der Waals surface area (Å²) in [6.07, 6.45) is 4.39. The van der Waals surface area contributed by atoms with Gasteiger partial charge in [0.05, 0.1) is 38.3 Å². The summed E-state index contributed by atoms with van der Waals surface area (Å²) in [7, 11) is 0. The molecule has 0 radical (unpaired) electrons. The van der Waals surface area contributed by atoms with Gasteiger partial charge in [-0.1, -0.05) is 32.1 Å². The van der Waals surface area contributed by atoms with Crippen molar-refractivity contribution in [2.24, 2.45) is 5.41 Å². The van der Waals surface area contributed by atoms with Gasteiger partial charge in [-0.3, -0.25) is 9.59 Å². The second kappa shape index (κ2) is 11.1. The van der Waals surface area contributed by atoms with Crippen LogP contribution in [-0.4, -0.2) is 48.6 Å². The summed E-state index contributed by atoms with van der Waals surface area (Å²) in [6.45, 7) is 6.61. The average Bonchev–Trinajstić information content (AvgIpc) is 2.72. The molecular formula is C26H33FO6. The van der Waals surface area contributed by atoms with Gasteiger partial charge in [-0.15, -0.1) is 0 Å². The van der Waals surface area contributed by atoms with E-state index in [2.05, 4.69) is 13.8 Å². The van der Waals surface area contributed by atoms with Crippen molar-refractivity contribution in [3.8, 4) is 0 Å². The zero-order chi connectivity index (χ0) is 24.0. The molecule has 0 saturated carbocycles. The maximum Gasteiger partial charge on any atom is 0.309 e. The van der Waals surface area contributed by atoms with Gasteiger partial charge in [0.2, 0.25) is 0 Å². The summed E-state index contributed by atoms with van der Waals surface area (Å²) in [5.41, 5.74) is 2.68. The van der Waals surface area contributed by atoms with Gasteiger partial charge in [0, 0.05) is 6.42 Å². The summed E-state index contributed by atoms with van der Waals surface area (Å²) in [4.78, 5) is 23.4. The first kappa shape index (κ1) is 25.1. The van der Waals surface area contributed by atoms with Gasteiger partial charge in [0.15, 0.2) is 0 Å². The number of aliphatic hydroxyl groups is 1. The SMILES string of the molecule is CCOC(=O)CCOC1CC(c2ccc(F)cc2)=C(/C=C/[C@@H]2C[C@@H](O)CC(=O)O2)C(C)(C)C1. The third kappa shape index (κ3) is 6.98. The van der Waals surface area contributed by atoms with E-state index in [9.17, 15) is 19.1 Å². The molecule has 0 bridgehead atoms. The third-order valence-electron chi connectivity index (χ3n) is 6.05. The molecule has 1 aromatic rings. The standard InChI is InChI=1S/C26H33FO6/c1-4-31-24(29)11-12-32-21-15-22(17-5-7-18(27)8-6-17)23(26(2,3)16-21)10-9-20-13-19(28)14-25(30)33-20/h5-10,19-21,28H,4,11-16H2,1-3H3/b10-9+/t19-,20-,21?/m1/s1. The average molecular weight is 461 g/mol. The Bertz CT molecular complexity index is 902. The molecule has 7 heteroatoms. The van der Waals surface area contributed by atoms with E-state index < -0.39 is 18.2 Å². The predicted octanol–water partition coefficient (Wildman–Crippen LogP) is 4.36. The number of carbonyl (C=O) groups excluding carboxylic acids is 2. The molecule has 1 fully saturated rings. The molecular weight excluding hydrogens is 427 g/mol. The number of benzene rings is 1. The minimum Gasteiger partial charge on any atom is -0.466 e. The van der Waals surface area contributed by atoms with Gasteiger partial charge < -0.3 is 19.3 Å². The van der Waals surface area contributed by atoms with Gasteiger partial charge in [-0.2, -0.15) is 0 Å². The fourth-order valence-corrected chi connectivity index (χ4v) is 4.54. The van der Waals surface area contributed by atoms with Gasteiger partial charge in [0.1, 0.15) is 11.9 Å². The highest BCUT2D eigenvalue weighted by Crippen LogP contribution is 2.45. The highest BCUT2D eigenvalue weighted by Gasteiger charge is 2.35. The Balaban J connectivity index is 1.85. The Kier molecular flexibility index (Phi) is 8.43. The number of halogens is 1. The van der Waals surface area contributed by atoms with Crippen LogP contribution in [-0.2, 0) is 23.8 Å². The topological polar surface area (TPSA) is 82.1 Å². The Morgan fingerprint density at radius 2 is 2.00 bits per heavy atom. The first-order valence-electron chi connectivity index (χ1n) is 11.5. The van der Waals surface area contributed by atoms with E-state index in [1.165, 1.54) is 12.1 Å². The van der Waals surface area contributed by atoms with Crippen LogP contribution in [0.25, 0.3) is 5.57 Å². The predicted molar refractivity (Wildman–Crippen MR) is 122 cm³/mol. The molecule has 1 aliphatic heterocycles. The number of allylic oxidation sites excluding steroid dienone is 2. The molecule has 1 saturated heterocycles. The summed E-state index contributed by atoms with van der Waals surface area (Å²) in [5, 5.41) is 9.90. The number of hydrogen-bond donors (Lipinski definition) is 1. The van der Waals surface area contributed by atoms with E-state index >= 15 is 0 Å². The van der Waals surface area contributed by atoms with Crippen LogP contribution in [0.4, 0.5) is 4.39 Å². The van der Waals surface area contributed by atoms with Crippen LogP contribution in [0.2, 0.25) is 0 Å². The minimum atomic E-state index is -0.706. The van der Waals surface area contributed by atoms with Gasteiger partial charge in [0.25, 0.3) is 0 Å². The molecule has 0 spiro atoms. The third-order valence-corrected chi connectivity index (χ3v) is 6.05. The van der Waals surface area contributed by atoms with E-state index in [0.717, 1.165) is 23.1 Å². The molecule has 6 nitrogen and oxygen atoms in total. The monoisotopic (exact) mass is 460 g/mol. The van der Waals surface area contributed by atoms with Crippen molar-refractivity contribution in [1.82, 2.24) is 0 Å². The van der Waals surface area contributed by atoms with Crippen LogP contribution < -0.4 is 0 Å². The number of aliphatic hydroxyl groups excluding tert-OH is 1. The summed E-state index contributed by atoms with van der Waals surface area (Å²) < 4.78 is 30.0. The Morgan fingerprint density at radius 3 is 2.67 bits per heavy atom. The van der Waals surface area contributed by atoms with E-state index in [1.807, 2.05) is 12.2 Å². The van der Waals surface area contributed by atoms with Crippen LogP contribution in [0.3, 0.4) is 0 Å². The van der Waals surface area contributed by atoms with E-state index in [1.54, 1.807) is 19.1 Å². The largest absolute Gasteiger partial charge is 0.466 e. The number of ether oxygens (including phenoxy) is 3. The Hall–Kier alpha value is -2.51. The lowest BCUT2D eigenvalue weighted by Gasteiger charge is -2.39. The molecule has 1 aromatic carbocycles. The molecule has 1 N–H and O–H groups in total. The molecule has 1 unspecified atom stereocenters. The normalized spacial score (nSPS) is 25.2. The lowest BCUT2D eigenvalue weighted by Crippen LogP contribution is -2.32. The van der Waals surface area contributed by atoms with Crippen molar-refractivity contribution in [1.29, 1.82) is 0 Å². The van der Waals surface area contributed by atoms with E-state index in [4.69, 9.17) is 14.2 Å². The molecule has 0 aromatic heterocycles. The van der Waals surface area contributed by atoms with Gasteiger partial charge in [-0.05, 0) is 60.1 Å². The summed E-state index contributed by atoms with van der Waals surface area (Å²) >= 11 is 0. The summed E-state index contributed by atoms with van der Waals surface area (Å²) in [5.74, 6) is -0.999. The highest BCUT2D eigenvalue weighted by atomic mass is 19.1. The summed E-state index contributed by atoms with van der Waals surface area (Å²) in [6, 6.07) is 6.36. The zero-order valence-corrected chi connectivity index (χ0v) is 19.5. The van der Waals surface area contributed by atoms with Crippen molar-refractivity contribution < 1.29 is 33.3 Å². The van der Waals surface area contributed by atoms with Crippen LogP contribution in [0.15, 0.2) is 42.0 Å². The van der Waals surface area contributed by atoms with Crippen molar-refractivity contribution in [3.05, 3.63) is 53.4 Å². The van der Waals surface area contributed by atoms with Crippen molar-refractivity contribution in [2.75, 3.05) is 13.2 Å². The number of hydrogen-bond acceptors (Lipinski definition) is 6. The quantitative estimate of drug-likeness (QED) is 0.581. The zero-order valence-electron chi connectivity index (χ0n) is 19.5. The molecule has 0 amide bonds. The minimum absolute atomic E-state index is 0.0180.